The molecule has 3 aliphatic rings. The lowest BCUT2D eigenvalue weighted by Crippen LogP contribution is -2.51. The van der Waals surface area contributed by atoms with Gasteiger partial charge in [-0.15, -0.1) is 0 Å². The zero-order valence-electron chi connectivity index (χ0n) is 20.8. The number of hydrogen-bond donors (Lipinski definition) is 0. The molecule has 4 aromatic rings. The highest BCUT2D eigenvalue weighted by Crippen LogP contribution is 2.68. The van der Waals surface area contributed by atoms with E-state index in [2.05, 4.69) is 0 Å². The first-order chi connectivity index (χ1) is 18.8. The molecule has 0 bridgehead atoms. The summed E-state index contributed by atoms with van der Waals surface area (Å²) < 4.78 is 6.68. The standard InChI is InChI=1S/C33H21ClO5/c1-18-13-15-19(16-14-18)31-32(27(35)22-9-2-3-10-23(22)28(32)36)26(20-7-6-8-21(34)17-20)33(39-31)29(37)24-11-4-5-12-25(24)30(33)38/h2-17,26,31H,1H3/t26-,31+/m1/s1. The highest BCUT2D eigenvalue weighted by Gasteiger charge is 2.79. The van der Waals surface area contributed by atoms with Crippen LogP contribution in [0.25, 0.3) is 0 Å². The Bertz CT molecular complexity index is 1680. The Morgan fingerprint density at radius 2 is 1.13 bits per heavy atom. The minimum Gasteiger partial charge on any atom is -0.348 e. The number of aryl methyl sites for hydroxylation is 1. The predicted molar refractivity (Wildman–Crippen MR) is 145 cm³/mol. The molecule has 1 aliphatic heterocycles. The number of rotatable bonds is 2. The van der Waals surface area contributed by atoms with Crippen molar-refractivity contribution in [3.05, 3.63) is 141 Å². The molecule has 7 rings (SSSR count). The summed E-state index contributed by atoms with van der Waals surface area (Å²) in [6.07, 6.45) is -1.20. The zero-order valence-corrected chi connectivity index (χ0v) is 21.6. The van der Waals surface area contributed by atoms with Gasteiger partial charge in [0.1, 0.15) is 11.5 Å². The topological polar surface area (TPSA) is 77.5 Å². The molecule has 1 fully saturated rings. The monoisotopic (exact) mass is 532 g/mol. The minimum atomic E-state index is -2.13. The molecule has 0 aromatic heterocycles. The van der Waals surface area contributed by atoms with E-state index in [-0.39, 0.29) is 22.3 Å². The van der Waals surface area contributed by atoms with Gasteiger partial charge in [-0.1, -0.05) is 102 Å². The molecule has 2 aliphatic carbocycles. The average molecular weight is 533 g/mol. The number of hydrogen-bond acceptors (Lipinski definition) is 5. The number of benzene rings is 4. The first-order valence-corrected chi connectivity index (χ1v) is 13.1. The zero-order chi connectivity index (χ0) is 27.1. The molecular formula is C33H21ClO5. The SMILES string of the molecule is Cc1ccc([C@@H]2OC3(C(=O)c4ccccc4C3=O)[C@H](c3cccc(Cl)c3)C23C(=O)c2ccccc2C3=O)cc1. The maximum Gasteiger partial charge on any atom is 0.204 e. The first kappa shape index (κ1) is 23.9. The molecule has 1 saturated heterocycles. The van der Waals surface area contributed by atoms with Crippen LogP contribution in [0.4, 0.5) is 0 Å². The third-order valence-corrected chi connectivity index (χ3v) is 8.64. The van der Waals surface area contributed by atoms with E-state index < -0.39 is 46.2 Å². The van der Waals surface area contributed by atoms with Crippen LogP contribution in [0.15, 0.2) is 97.1 Å². The highest BCUT2D eigenvalue weighted by molar-refractivity contribution is 6.37. The van der Waals surface area contributed by atoms with Gasteiger partial charge in [-0.05, 0) is 30.2 Å². The first-order valence-electron chi connectivity index (χ1n) is 12.7. The third kappa shape index (κ3) is 2.89. The lowest BCUT2D eigenvalue weighted by Gasteiger charge is -2.34. The van der Waals surface area contributed by atoms with Gasteiger partial charge in [0.15, 0.2) is 11.6 Å². The second-order valence-electron chi connectivity index (χ2n) is 10.4. The molecule has 190 valence electrons. The van der Waals surface area contributed by atoms with Gasteiger partial charge in [0.05, 0.1) is 5.92 Å². The van der Waals surface area contributed by atoms with E-state index in [1.165, 1.54) is 0 Å². The number of carbonyl (C=O) groups excluding carboxylic acids is 4. The van der Waals surface area contributed by atoms with Crippen LogP contribution >= 0.6 is 11.6 Å². The largest absolute Gasteiger partial charge is 0.348 e. The van der Waals surface area contributed by atoms with Gasteiger partial charge in [0.25, 0.3) is 0 Å². The van der Waals surface area contributed by atoms with Crippen molar-refractivity contribution in [2.24, 2.45) is 5.41 Å². The van der Waals surface area contributed by atoms with Crippen LogP contribution in [-0.4, -0.2) is 28.7 Å². The van der Waals surface area contributed by atoms with Crippen molar-refractivity contribution < 1.29 is 23.9 Å². The van der Waals surface area contributed by atoms with Gasteiger partial charge in [-0.3, -0.25) is 19.2 Å². The van der Waals surface area contributed by atoms with Crippen molar-refractivity contribution in [2.45, 2.75) is 24.5 Å². The molecule has 2 spiro atoms. The molecule has 6 heteroatoms. The van der Waals surface area contributed by atoms with Crippen LogP contribution in [0.2, 0.25) is 5.02 Å². The average Bonchev–Trinajstić information content (AvgIpc) is 3.47. The van der Waals surface area contributed by atoms with Crippen molar-refractivity contribution in [3.8, 4) is 0 Å². The van der Waals surface area contributed by atoms with E-state index in [1.54, 1.807) is 84.9 Å². The summed E-state index contributed by atoms with van der Waals surface area (Å²) in [6.45, 7) is 1.92. The Morgan fingerprint density at radius 3 is 1.64 bits per heavy atom. The normalized spacial score (nSPS) is 22.1. The van der Waals surface area contributed by atoms with Crippen LogP contribution in [0.3, 0.4) is 0 Å². The Labute approximate surface area is 229 Å². The van der Waals surface area contributed by atoms with E-state index in [0.29, 0.717) is 16.1 Å². The van der Waals surface area contributed by atoms with Gasteiger partial charge >= 0.3 is 0 Å². The molecule has 0 N–H and O–H groups in total. The van der Waals surface area contributed by atoms with Crippen LogP contribution in [-0.2, 0) is 4.74 Å². The Hall–Kier alpha value is -4.19. The van der Waals surface area contributed by atoms with E-state index in [9.17, 15) is 19.2 Å². The Kier molecular flexibility index (Phi) is 5.00. The number of halogens is 1. The fourth-order valence-corrected chi connectivity index (χ4v) is 6.95. The second-order valence-corrected chi connectivity index (χ2v) is 10.8. The number of carbonyl (C=O) groups is 4. The molecule has 4 aromatic carbocycles. The highest BCUT2D eigenvalue weighted by atomic mass is 35.5. The fraction of sp³-hybridized carbons (Fsp3) is 0.152. The van der Waals surface area contributed by atoms with Crippen molar-refractivity contribution in [2.75, 3.05) is 0 Å². The predicted octanol–water partition coefficient (Wildman–Crippen LogP) is 6.39. The molecule has 0 radical (unpaired) electrons. The summed E-state index contributed by atoms with van der Waals surface area (Å²) in [6, 6.07) is 27.1. The minimum absolute atomic E-state index is 0.213. The smallest absolute Gasteiger partial charge is 0.204 e. The lowest BCUT2D eigenvalue weighted by molar-refractivity contribution is -0.0210. The van der Waals surface area contributed by atoms with Crippen LogP contribution in [0.5, 0.6) is 0 Å². The molecule has 1 heterocycles. The number of ketones is 4. The van der Waals surface area contributed by atoms with E-state index in [1.807, 2.05) is 19.1 Å². The summed E-state index contributed by atoms with van der Waals surface area (Å²) in [5, 5.41) is 0.349. The molecule has 39 heavy (non-hydrogen) atoms. The molecular weight excluding hydrogens is 512 g/mol. The summed E-state index contributed by atoms with van der Waals surface area (Å²) in [5.41, 5.74) is -1.18. The lowest BCUT2D eigenvalue weighted by atomic mass is 9.60. The number of Topliss-reactive ketones (excluding diaryl/α,β-unsaturated/α-hetero) is 4. The maximum absolute atomic E-state index is 14.6. The van der Waals surface area contributed by atoms with Gasteiger partial charge in [-0.2, -0.15) is 0 Å². The van der Waals surface area contributed by atoms with E-state index >= 15 is 0 Å². The van der Waals surface area contributed by atoms with Crippen LogP contribution in [0, 0.1) is 12.3 Å². The van der Waals surface area contributed by atoms with Gasteiger partial charge in [0.2, 0.25) is 17.2 Å². The molecule has 0 saturated carbocycles. The molecule has 0 unspecified atom stereocenters. The molecule has 2 atom stereocenters. The summed E-state index contributed by atoms with van der Waals surface area (Å²) in [7, 11) is 0. The van der Waals surface area contributed by atoms with Crippen molar-refractivity contribution in [3.63, 3.8) is 0 Å². The molecule has 5 nitrogen and oxygen atoms in total. The number of ether oxygens (including phenoxy) is 1. The Balaban J connectivity index is 1.60. The summed E-state index contributed by atoms with van der Waals surface area (Å²) >= 11 is 6.43. The summed E-state index contributed by atoms with van der Waals surface area (Å²) in [5.74, 6) is -3.30. The van der Waals surface area contributed by atoms with Gasteiger partial charge < -0.3 is 4.74 Å². The van der Waals surface area contributed by atoms with Crippen LogP contribution < -0.4 is 0 Å². The van der Waals surface area contributed by atoms with E-state index in [0.717, 1.165) is 5.56 Å². The van der Waals surface area contributed by atoms with Gasteiger partial charge in [0, 0.05) is 27.3 Å². The van der Waals surface area contributed by atoms with Gasteiger partial charge in [-0.25, -0.2) is 0 Å². The molecule has 0 amide bonds. The van der Waals surface area contributed by atoms with Crippen molar-refractivity contribution in [1.82, 2.24) is 0 Å². The van der Waals surface area contributed by atoms with E-state index in [4.69, 9.17) is 16.3 Å². The van der Waals surface area contributed by atoms with Crippen molar-refractivity contribution >= 4 is 34.7 Å². The fourth-order valence-electron chi connectivity index (χ4n) is 6.75. The number of fused-ring (bicyclic) bond motifs is 2. The summed E-state index contributed by atoms with van der Waals surface area (Å²) in [4.78, 5) is 58.0. The van der Waals surface area contributed by atoms with Crippen LogP contribution in [0.1, 0.15) is 70.1 Å². The quantitative estimate of drug-likeness (QED) is 0.280. The third-order valence-electron chi connectivity index (χ3n) is 8.40. The Morgan fingerprint density at radius 1 is 0.615 bits per heavy atom. The second kappa shape index (κ2) is 8.15. The van der Waals surface area contributed by atoms with Crippen molar-refractivity contribution in [1.29, 1.82) is 0 Å². The maximum atomic E-state index is 14.6.